The summed E-state index contributed by atoms with van der Waals surface area (Å²) in [6.45, 7) is 2.18. The second kappa shape index (κ2) is 4.97. The Morgan fingerprint density at radius 3 is 2.83 bits per heavy atom. The van der Waals surface area contributed by atoms with Crippen LogP contribution in [0.1, 0.15) is 34.1 Å². The van der Waals surface area contributed by atoms with E-state index in [1.807, 2.05) is 0 Å². The van der Waals surface area contributed by atoms with Crippen molar-refractivity contribution in [2.45, 2.75) is 26.2 Å². The molecule has 3 N–H and O–H groups in total. The summed E-state index contributed by atoms with van der Waals surface area (Å²) >= 11 is 1.42. The van der Waals surface area contributed by atoms with Crippen molar-refractivity contribution < 1.29 is 14.3 Å². The number of rotatable bonds is 2. The van der Waals surface area contributed by atoms with Gasteiger partial charge >= 0.3 is 6.09 Å². The molecule has 5 nitrogen and oxygen atoms in total. The number of nitrogens with one attached hydrogen (secondary N) is 1. The molecule has 1 aromatic heterocycles. The zero-order valence-electron chi connectivity index (χ0n) is 10.4. The Bertz CT molecular complexity index is 496. The van der Waals surface area contributed by atoms with Crippen molar-refractivity contribution in [1.82, 2.24) is 0 Å². The summed E-state index contributed by atoms with van der Waals surface area (Å²) in [5, 5.41) is 3.08. The van der Waals surface area contributed by atoms with Gasteiger partial charge in [0.05, 0.1) is 12.7 Å². The lowest BCUT2D eigenvalue weighted by atomic mass is 9.88. The first kappa shape index (κ1) is 12.9. The van der Waals surface area contributed by atoms with Crippen LogP contribution >= 0.6 is 11.3 Å². The summed E-state index contributed by atoms with van der Waals surface area (Å²) in [4.78, 5) is 23.9. The van der Waals surface area contributed by atoms with Gasteiger partial charge in [-0.25, -0.2) is 4.79 Å². The summed E-state index contributed by atoms with van der Waals surface area (Å²) in [7, 11) is 1.29. The van der Waals surface area contributed by atoms with Crippen molar-refractivity contribution in [2.24, 2.45) is 11.7 Å². The van der Waals surface area contributed by atoms with Crippen molar-refractivity contribution in [1.29, 1.82) is 0 Å². The van der Waals surface area contributed by atoms with Crippen LogP contribution in [0.3, 0.4) is 0 Å². The van der Waals surface area contributed by atoms with Crippen LogP contribution < -0.4 is 11.1 Å². The van der Waals surface area contributed by atoms with E-state index in [0.29, 0.717) is 16.5 Å². The molecule has 1 aliphatic carbocycles. The van der Waals surface area contributed by atoms with E-state index in [9.17, 15) is 9.59 Å². The molecule has 0 spiro atoms. The summed E-state index contributed by atoms with van der Waals surface area (Å²) < 4.78 is 4.55. The molecule has 0 radical (unpaired) electrons. The third-order valence-electron chi connectivity index (χ3n) is 3.16. The molecule has 0 unspecified atom stereocenters. The molecule has 2 rings (SSSR count). The number of carbonyl (C=O) groups is 2. The van der Waals surface area contributed by atoms with E-state index >= 15 is 0 Å². The average molecular weight is 268 g/mol. The molecule has 1 heterocycles. The Labute approximate surface area is 109 Å². The van der Waals surface area contributed by atoms with Crippen molar-refractivity contribution >= 4 is 28.3 Å². The predicted octanol–water partition coefficient (Wildman–Crippen LogP) is 2.15. The largest absolute Gasteiger partial charge is 0.453 e. The number of hydrogen-bond donors (Lipinski definition) is 2. The molecule has 0 fully saturated rings. The normalized spacial score (nSPS) is 18.0. The first-order valence-electron chi connectivity index (χ1n) is 5.82. The molecule has 0 aliphatic heterocycles. The Morgan fingerprint density at radius 1 is 1.50 bits per heavy atom. The molecule has 1 atom stereocenters. The van der Waals surface area contributed by atoms with E-state index in [1.165, 1.54) is 18.4 Å². The maximum absolute atomic E-state index is 11.5. The van der Waals surface area contributed by atoms with Gasteiger partial charge in [0.1, 0.15) is 5.00 Å². The van der Waals surface area contributed by atoms with Crippen LogP contribution in [-0.4, -0.2) is 19.1 Å². The van der Waals surface area contributed by atoms with Crippen LogP contribution in [0, 0.1) is 5.92 Å². The second-order valence-electron chi connectivity index (χ2n) is 4.54. The fraction of sp³-hybridized carbons (Fsp3) is 0.500. The number of methoxy groups -OCH3 is 1. The van der Waals surface area contributed by atoms with Crippen molar-refractivity contribution in [3.63, 3.8) is 0 Å². The number of primary amides is 1. The van der Waals surface area contributed by atoms with E-state index in [-0.39, 0.29) is 0 Å². The Morgan fingerprint density at radius 2 is 2.22 bits per heavy atom. The number of fused-ring (bicyclic) bond motifs is 1. The molecule has 0 saturated heterocycles. The lowest BCUT2D eigenvalue weighted by Gasteiger charge is -2.18. The van der Waals surface area contributed by atoms with Gasteiger partial charge in [0.2, 0.25) is 0 Å². The molecular formula is C12H16N2O3S. The number of nitrogens with two attached hydrogens (primary N) is 1. The minimum Gasteiger partial charge on any atom is -0.453 e. The van der Waals surface area contributed by atoms with Crippen molar-refractivity contribution in [2.75, 3.05) is 12.4 Å². The Balaban J connectivity index is 2.40. The number of carbonyl (C=O) groups excluding carboxylic acids is 2. The highest BCUT2D eigenvalue weighted by Gasteiger charge is 2.27. The first-order valence-corrected chi connectivity index (χ1v) is 6.63. The zero-order valence-corrected chi connectivity index (χ0v) is 11.2. The second-order valence-corrected chi connectivity index (χ2v) is 5.64. The molecule has 2 amide bonds. The van der Waals surface area contributed by atoms with E-state index in [4.69, 9.17) is 5.73 Å². The third kappa shape index (κ3) is 2.33. The number of hydrogen-bond acceptors (Lipinski definition) is 4. The van der Waals surface area contributed by atoms with Crippen LogP contribution in [0.5, 0.6) is 0 Å². The Kier molecular flexibility index (Phi) is 3.56. The topological polar surface area (TPSA) is 81.4 Å². The highest BCUT2D eigenvalue weighted by atomic mass is 32.1. The molecular weight excluding hydrogens is 252 g/mol. The quantitative estimate of drug-likeness (QED) is 0.862. The number of thiophene rings is 1. The standard InChI is InChI=1S/C12H16N2O3S/c1-6-3-4-7-8(5-6)18-11(9(7)10(13)15)14-12(16)17-2/h6H,3-5H2,1-2H3,(H2,13,15)(H,14,16)/t6-/m0/s1. The summed E-state index contributed by atoms with van der Waals surface area (Å²) in [6, 6.07) is 0. The lowest BCUT2D eigenvalue weighted by Crippen LogP contribution is -2.19. The smallest absolute Gasteiger partial charge is 0.411 e. The summed E-state index contributed by atoms with van der Waals surface area (Å²) in [5.41, 5.74) is 6.86. The van der Waals surface area contributed by atoms with Gasteiger partial charge in [-0.2, -0.15) is 0 Å². The first-order chi connectivity index (χ1) is 8.52. The number of amides is 2. The van der Waals surface area contributed by atoms with Gasteiger partial charge in [0, 0.05) is 4.88 Å². The van der Waals surface area contributed by atoms with Crippen molar-refractivity contribution in [3.8, 4) is 0 Å². The molecule has 0 aromatic carbocycles. The van der Waals surface area contributed by atoms with Gasteiger partial charge in [-0.1, -0.05) is 6.92 Å². The average Bonchev–Trinajstić information content (AvgIpc) is 2.65. The third-order valence-corrected chi connectivity index (χ3v) is 4.33. The van der Waals surface area contributed by atoms with Crippen LogP contribution in [0.2, 0.25) is 0 Å². The predicted molar refractivity (Wildman–Crippen MR) is 70.1 cm³/mol. The van der Waals surface area contributed by atoms with Gasteiger partial charge in [-0.15, -0.1) is 11.3 Å². The molecule has 98 valence electrons. The van der Waals surface area contributed by atoms with Gasteiger partial charge in [-0.05, 0) is 30.7 Å². The minimum absolute atomic E-state index is 0.451. The van der Waals surface area contributed by atoms with Gasteiger partial charge in [-0.3, -0.25) is 10.1 Å². The SMILES string of the molecule is COC(=O)Nc1sc2c(c1C(N)=O)CC[C@H](C)C2. The molecule has 1 aliphatic rings. The Hall–Kier alpha value is -1.56. The maximum atomic E-state index is 11.5. The molecule has 1 aromatic rings. The van der Waals surface area contributed by atoms with E-state index in [2.05, 4.69) is 17.0 Å². The zero-order chi connectivity index (χ0) is 13.3. The number of anilines is 1. The van der Waals surface area contributed by atoms with Crippen LogP contribution in [0.4, 0.5) is 9.80 Å². The maximum Gasteiger partial charge on any atom is 0.411 e. The van der Waals surface area contributed by atoms with Crippen LogP contribution in [-0.2, 0) is 17.6 Å². The van der Waals surface area contributed by atoms with E-state index in [1.54, 1.807) is 0 Å². The van der Waals surface area contributed by atoms with Crippen molar-refractivity contribution in [3.05, 3.63) is 16.0 Å². The monoisotopic (exact) mass is 268 g/mol. The van der Waals surface area contributed by atoms with E-state index in [0.717, 1.165) is 29.7 Å². The van der Waals surface area contributed by atoms with Gasteiger partial charge in [0.15, 0.2) is 0 Å². The molecule has 0 saturated carbocycles. The van der Waals surface area contributed by atoms with Gasteiger partial charge in [0.25, 0.3) is 5.91 Å². The lowest BCUT2D eigenvalue weighted by molar-refractivity contribution is 0.100. The molecule has 18 heavy (non-hydrogen) atoms. The molecule has 6 heteroatoms. The minimum atomic E-state index is -0.579. The van der Waals surface area contributed by atoms with Crippen LogP contribution in [0.15, 0.2) is 0 Å². The van der Waals surface area contributed by atoms with E-state index < -0.39 is 12.0 Å². The fourth-order valence-corrected chi connectivity index (χ4v) is 3.65. The van der Waals surface area contributed by atoms with Gasteiger partial charge < -0.3 is 10.5 Å². The summed E-state index contributed by atoms with van der Waals surface area (Å²) in [5.74, 6) is 0.108. The highest BCUT2D eigenvalue weighted by Crippen LogP contribution is 2.39. The summed E-state index contributed by atoms with van der Waals surface area (Å²) in [6.07, 6.45) is 2.24. The molecule has 0 bridgehead atoms. The number of ether oxygens (including phenoxy) is 1. The highest BCUT2D eigenvalue weighted by molar-refractivity contribution is 7.17. The van der Waals surface area contributed by atoms with Crippen LogP contribution in [0.25, 0.3) is 0 Å². The fourth-order valence-electron chi connectivity index (χ4n) is 2.24.